The molecule has 0 fully saturated rings. The topological polar surface area (TPSA) is 29.5 Å². The maximum absolute atomic E-state index is 12.0. The van der Waals surface area contributed by atoms with Crippen LogP contribution >= 0.6 is 0 Å². The minimum absolute atomic E-state index is 0.0401. The van der Waals surface area contributed by atoms with Crippen LogP contribution in [0.15, 0.2) is 55.1 Å². The van der Waals surface area contributed by atoms with Crippen LogP contribution < -0.4 is 0 Å². The summed E-state index contributed by atoms with van der Waals surface area (Å²) in [6.07, 6.45) is 6.35. The first-order valence-electron chi connectivity index (χ1n) is 6.06. The van der Waals surface area contributed by atoms with Crippen LogP contribution in [0.4, 0.5) is 4.79 Å². The number of amides is 1. The molecule has 18 heavy (non-hydrogen) atoms. The molecule has 0 unspecified atom stereocenters. The van der Waals surface area contributed by atoms with Gasteiger partial charge < -0.3 is 4.74 Å². The standard InChI is InChI=1S/C15H17NO2/c1-2-14-10-6-7-11-16(14)15(17)18-12-13-8-4-3-5-9-13/h2-9,14H,1,10-12H2/t14-/m1/s1. The van der Waals surface area contributed by atoms with Crippen molar-refractivity contribution in [3.63, 3.8) is 0 Å². The second kappa shape index (κ2) is 6.05. The van der Waals surface area contributed by atoms with Gasteiger partial charge in [-0.1, -0.05) is 48.6 Å². The fourth-order valence-corrected chi connectivity index (χ4v) is 1.92. The van der Waals surface area contributed by atoms with E-state index in [4.69, 9.17) is 4.74 Å². The second-order valence-corrected chi connectivity index (χ2v) is 4.20. The van der Waals surface area contributed by atoms with Gasteiger partial charge in [-0.3, -0.25) is 4.90 Å². The average molecular weight is 243 g/mol. The molecule has 1 aromatic rings. The van der Waals surface area contributed by atoms with Crippen molar-refractivity contribution in [2.75, 3.05) is 6.54 Å². The highest BCUT2D eigenvalue weighted by Crippen LogP contribution is 2.14. The first-order chi connectivity index (χ1) is 8.81. The summed E-state index contributed by atoms with van der Waals surface area (Å²) in [7, 11) is 0. The summed E-state index contributed by atoms with van der Waals surface area (Å²) < 4.78 is 5.30. The Hall–Kier alpha value is -2.03. The molecule has 3 heteroatoms. The molecule has 0 spiro atoms. The van der Waals surface area contributed by atoms with Crippen molar-refractivity contribution in [2.24, 2.45) is 0 Å². The van der Waals surface area contributed by atoms with Crippen molar-refractivity contribution in [1.82, 2.24) is 4.90 Å². The van der Waals surface area contributed by atoms with Gasteiger partial charge in [-0.05, 0) is 12.0 Å². The fraction of sp³-hybridized carbons (Fsp3) is 0.267. The van der Waals surface area contributed by atoms with Gasteiger partial charge in [0.15, 0.2) is 0 Å². The summed E-state index contributed by atoms with van der Waals surface area (Å²) in [6, 6.07) is 9.72. The first kappa shape index (κ1) is 12.4. The Labute approximate surface area is 107 Å². The van der Waals surface area contributed by atoms with Gasteiger partial charge in [0.2, 0.25) is 0 Å². The van der Waals surface area contributed by atoms with Gasteiger partial charge in [-0.15, -0.1) is 6.58 Å². The molecule has 0 N–H and O–H groups in total. The largest absolute Gasteiger partial charge is 0.445 e. The third kappa shape index (κ3) is 3.00. The van der Waals surface area contributed by atoms with E-state index < -0.39 is 0 Å². The van der Waals surface area contributed by atoms with Crippen LogP contribution in [0.5, 0.6) is 0 Å². The summed E-state index contributed by atoms with van der Waals surface area (Å²) in [6.45, 7) is 4.65. The Balaban J connectivity index is 1.91. The molecule has 0 aromatic heterocycles. The molecule has 0 saturated carbocycles. The monoisotopic (exact) mass is 243 g/mol. The molecule has 1 heterocycles. The SMILES string of the molecule is C=C[C@@H]1CC=CCN1C(=O)OCc1ccccc1. The zero-order valence-electron chi connectivity index (χ0n) is 10.3. The van der Waals surface area contributed by atoms with Crippen LogP contribution in [-0.2, 0) is 11.3 Å². The predicted octanol–water partition coefficient (Wildman–Crippen LogP) is 3.14. The van der Waals surface area contributed by atoms with E-state index in [1.54, 1.807) is 11.0 Å². The highest BCUT2D eigenvalue weighted by molar-refractivity contribution is 5.69. The number of ether oxygens (including phenoxy) is 1. The van der Waals surface area contributed by atoms with Gasteiger partial charge in [0.1, 0.15) is 6.61 Å². The minimum Gasteiger partial charge on any atom is -0.445 e. The molecule has 3 nitrogen and oxygen atoms in total. The van der Waals surface area contributed by atoms with Crippen molar-refractivity contribution in [3.8, 4) is 0 Å². The lowest BCUT2D eigenvalue weighted by atomic mass is 10.1. The Bertz CT molecular complexity index is 439. The molecular weight excluding hydrogens is 226 g/mol. The van der Waals surface area contributed by atoms with E-state index >= 15 is 0 Å². The zero-order chi connectivity index (χ0) is 12.8. The molecule has 2 rings (SSSR count). The first-order valence-corrected chi connectivity index (χ1v) is 6.06. The molecule has 1 aromatic carbocycles. The Kier molecular flexibility index (Phi) is 4.18. The molecule has 1 aliphatic heterocycles. The summed E-state index contributed by atoms with van der Waals surface area (Å²) >= 11 is 0. The molecular formula is C15H17NO2. The predicted molar refractivity (Wildman–Crippen MR) is 71.1 cm³/mol. The van der Waals surface area contributed by atoms with Crippen LogP contribution in [-0.4, -0.2) is 23.6 Å². The zero-order valence-corrected chi connectivity index (χ0v) is 10.3. The Morgan fingerprint density at radius 1 is 1.39 bits per heavy atom. The van der Waals surface area contributed by atoms with Gasteiger partial charge in [0.05, 0.1) is 6.04 Å². The molecule has 1 atom stereocenters. The molecule has 0 saturated heterocycles. The Morgan fingerprint density at radius 3 is 2.89 bits per heavy atom. The molecule has 94 valence electrons. The number of rotatable bonds is 3. The van der Waals surface area contributed by atoms with Crippen LogP contribution in [0.1, 0.15) is 12.0 Å². The third-order valence-electron chi connectivity index (χ3n) is 2.96. The van der Waals surface area contributed by atoms with Gasteiger partial charge in [0.25, 0.3) is 0 Å². The molecule has 0 radical (unpaired) electrons. The van der Waals surface area contributed by atoms with Crippen molar-refractivity contribution in [1.29, 1.82) is 0 Å². The van der Waals surface area contributed by atoms with Gasteiger partial charge >= 0.3 is 6.09 Å². The second-order valence-electron chi connectivity index (χ2n) is 4.20. The van der Waals surface area contributed by atoms with Crippen molar-refractivity contribution < 1.29 is 9.53 Å². The van der Waals surface area contributed by atoms with Crippen molar-refractivity contribution in [2.45, 2.75) is 19.1 Å². The van der Waals surface area contributed by atoms with Gasteiger partial charge in [0, 0.05) is 6.54 Å². The lowest BCUT2D eigenvalue weighted by Gasteiger charge is -2.29. The van der Waals surface area contributed by atoms with E-state index in [1.165, 1.54) is 0 Å². The number of benzene rings is 1. The lowest BCUT2D eigenvalue weighted by molar-refractivity contribution is 0.0905. The highest BCUT2D eigenvalue weighted by atomic mass is 16.6. The number of carbonyl (C=O) groups excluding carboxylic acids is 1. The van der Waals surface area contributed by atoms with E-state index in [9.17, 15) is 4.79 Å². The molecule has 1 aliphatic rings. The summed E-state index contributed by atoms with van der Waals surface area (Å²) in [5, 5.41) is 0. The maximum Gasteiger partial charge on any atom is 0.410 e. The van der Waals surface area contributed by atoms with Crippen LogP contribution in [0, 0.1) is 0 Å². The summed E-state index contributed by atoms with van der Waals surface area (Å²) in [5.74, 6) is 0. The molecule has 1 amide bonds. The maximum atomic E-state index is 12.0. The van der Waals surface area contributed by atoms with E-state index in [0.29, 0.717) is 13.2 Å². The van der Waals surface area contributed by atoms with Crippen LogP contribution in [0.2, 0.25) is 0 Å². The van der Waals surface area contributed by atoms with E-state index in [1.807, 2.05) is 36.4 Å². The van der Waals surface area contributed by atoms with Crippen LogP contribution in [0.3, 0.4) is 0 Å². The van der Waals surface area contributed by atoms with E-state index in [2.05, 4.69) is 12.7 Å². The van der Waals surface area contributed by atoms with E-state index in [-0.39, 0.29) is 12.1 Å². The van der Waals surface area contributed by atoms with Crippen LogP contribution in [0.25, 0.3) is 0 Å². The third-order valence-corrected chi connectivity index (χ3v) is 2.96. The highest BCUT2D eigenvalue weighted by Gasteiger charge is 2.22. The minimum atomic E-state index is -0.284. The van der Waals surface area contributed by atoms with Gasteiger partial charge in [-0.25, -0.2) is 4.79 Å². The number of hydrogen-bond acceptors (Lipinski definition) is 2. The quantitative estimate of drug-likeness (QED) is 0.763. The van der Waals surface area contributed by atoms with Crippen molar-refractivity contribution in [3.05, 3.63) is 60.7 Å². The average Bonchev–Trinajstić information content (AvgIpc) is 2.45. The molecule has 0 aliphatic carbocycles. The lowest BCUT2D eigenvalue weighted by Crippen LogP contribution is -2.41. The Morgan fingerprint density at radius 2 is 2.17 bits per heavy atom. The number of carbonyl (C=O) groups is 1. The summed E-state index contributed by atoms with van der Waals surface area (Å²) in [5.41, 5.74) is 0.994. The molecule has 0 bridgehead atoms. The normalized spacial score (nSPS) is 18.4. The number of nitrogens with zero attached hydrogens (tertiary/aromatic N) is 1. The van der Waals surface area contributed by atoms with Gasteiger partial charge in [-0.2, -0.15) is 0 Å². The smallest absolute Gasteiger partial charge is 0.410 e. The fourth-order valence-electron chi connectivity index (χ4n) is 1.92. The van der Waals surface area contributed by atoms with E-state index in [0.717, 1.165) is 12.0 Å². The number of hydrogen-bond donors (Lipinski definition) is 0. The summed E-state index contributed by atoms with van der Waals surface area (Å²) in [4.78, 5) is 13.7. The van der Waals surface area contributed by atoms with Crippen molar-refractivity contribution >= 4 is 6.09 Å².